The fourth-order valence-corrected chi connectivity index (χ4v) is 2.46. The van der Waals surface area contributed by atoms with E-state index in [-0.39, 0.29) is 11.9 Å². The maximum atomic E-state index is 13.8. The highest BCUT2D eigenvalue weighted by atomic mass is 35.5. The fourth-order valence-electron chi connectivity index (χ4n) is 1.83. The molecule has 0 aliphatic rings. The van der Waals surface area contributed by atoms with Gasteiger partial charge in [-0.15, -0.1) is 0 Å². The van der Waals surface area contributed by atoms with Crippen LogP contribution in [0.1, 0.15) is 30.6 Å². The standard InChI is InChI=1S/C13H15ClFN3S/c1-2-5-16-12(13-8-17-19-18-13)6-9-3-4-10(14)7-11(9)15/h3-4,7-8,12,16H,2,5-6H2,1H3. The number of aromatic nitrogens is 2. The molecule has 102 valence electrons. The molecule has 0 bridgehead atoms. The highest BCUT2D eigenvalue weighted by molar-refractivity contribution is 6.99. The van der Waals surface area contributed by atoms with Gasteiger partial charge in [0.05, 0.1) is 29.7 Å². The van der Waals surface area contributed by atoms with Crippen molar-refractivity contribution in [2.75, 3.05) is 6.54 Å². The highest BCUT2D eigenvalue weighted by Gasteiger charge is 2.16. The lowest BCUT2D eigenvalue weighted by Crippen LogP contribution is -2.24. The number of hydrogen-bond donors (Lipinski definition) is 1. The van der Waals surface area contributed by atoms with Crippen molar-refractivity contribution in [1.82, 2.24) is 14.1 Å². The van der Waals surface area contributed by atoms with Crippen molar-refractivity contribution in [3.8, 4) is 0 Å². The van der Waals surface area contributed by atoms with Gasteiger partial charge in [-0.1, -0.05) is 24.6 Å². The van der Waals surface area contributed by atoms with E-state index in [0.29, 0.717) is 17.0 Å². The Bertz CT molecular complexity index is 519. The zero-order chi connectivity index (χ0) is 13.7. The van der Waals surface area contributed by atoms with Gasteiger partial charge in [-0.25, -0.2) is 4.39 Å². The van der Waals surface area contributed by atoms with E-state index < -0.39 is 0 Å². The Kier molecular flexibility index (Phi) is 5.24. The molecule has 0 amide bonds. The topological polar surface area (TPSA) is 37.8 Å². The average Bonchev–Trinajstić information content (AvgIpc) is 2.90. The van der Waals surface area contributed by atoms with Gasteiger partial charge in [-0.2, -0.15) is 8.75 Å². The molecule has 0 aliphatic carbocycles. The first-order chi connectivity index (χ1) is 9.20. The summed E-state index contributed by atoms with van der Waals surface area (Å²) in [5, 5.41) is 3.78. The van der Waals surface area contributed by atoms with Gasteiger partial charge >= 0.3 is 0 Å². The van der Waals surface area contributed by atoms with Crippen molar-refractivity contribution in [3.05, 3.63) is 46.5 Å². The molecule has 1 N–H and O–H groups in total. The van der Waals surface area contributed by atoms with Gasteiger partial charge in [-0.3, -0.25) is 0 Å². The van der Waals surface area contributed by atoms with Crippen molar-refractivity contribution in [3.63, 3.8) is 0 Å². The van der Waals surface area contributed by atoms with Crippen LogP contribution in [0.15, 0.2) is 24.4 Å². The van der Waals surface area contributed by atoms with Crippen LogP contribution >= 0.6 is 23.3 Å². The molecule has 1 aromatic heterocycles. The summed E-state index contributed by atoms with van der Waals surface area (Å²) in [5.74, 6) is -0.279. The van der Waals surface area contributed by atoms with Gasteiger partial charge in [-0.05, 0) is 37.1 Å². The number of rotatable bonds is 6. The second-order valence-electron chi connectivity index (χ2n) is 4.28. The third-order valence-electron chi connectivity index (χ3n) is 2.82. The Morgan fingerprint density at radius 3 is 2.95 bits per heavy atom. The smallest absolute Gasteiger partial charge is 0.127 e. The quantitative estimate of drug-likeness (QED) is 0.885. The van der Waals surface area contributed by atoms with Crippen LogP contribution in [0.4, 0.5) is 4.39 Å². The lowest BCUT2D eigenvalue weighted by Gasteiger charge is -2.16. The lowest BCUT2D eigenvalue weighted by atomic mass is 10.0. The maximum Gasteiger partial charge on any atom is 0.127 e. The second kappa shape index (κ2) is 6.93. The van der Waals surface area contributed by atoms with Gasteiger partial charge in [0.15, 0.2) is 0 Å². The van der Waals surface area contributed by atoms with Crippen LogP contribution in [0.25, 0.3) is 0 Å². The molecule has 0 spiro atoms. The Balaban J connectivity index is 2.15. The molecule has 1 heterocycles. The van der Waals surface area contributed by atoms with E-state index in [1.165, 1.54) is 6.07 Å². The third kappa shape index (κ3) is 3.96. The van der Waals surface area contributed by atoms with Gasteiger partial charge in [0.1, 0.15) is 5.82 Å². The van der Waals surface area contributed by atoms with E-state index in [0.717, 1.165) is 30.4 Å². The summed E-state index contributed by atoms with van der Waals surface area (Å²) in [6.45, 7) is 2.95. The van der Waals surface area contributed by atoms with E-state index in [2.05, 4.69) is 21.0 Å². The molecule has 6 heteroatoms. The minimum Gasteiger partial charge on any atom is -0.308 e. The highest BCUT2D eigenvalue weighted by Crippen LogP contribution is 2.21. The average molecular weight is 300 g/mol. The molecule has 0 saturated carbocycles. The largest absolute Gasteiger partial charge is 0.308 e. The first kappa shape index (κ1) is 14.4. The number of nitrogens with zero attached hydrogens (tertiary/aromatic N) is 2. The molecule has 2 rings (SSSR count). The van der Waals surface area contributed by atoms with Crippen LogP contribution in [0.3, 0.4) is 0 Å². The fraction of sp³-hybridized carbons (Fsp3) is 0.385. The van der Waals surface area contributed by atoms with E-state index in [1.807, 2.05) is 0 Å². The first-order valence-corrected chi connectivity index (χ1v) is 7.26. The van der Waals surface area contributed by atoms with Crippen LogP contribution in [-0.2, 0) is 6.42 Å². The molecule has 0 radical (unpaired) electrons. The maximum absolute atomic E-state index is 13.8. The SMILES string of the molecule is CCCNC(Cc1ccc(Cl)cc1F)c1cnsn1. The van der Waals surface area contributed by atoms with Crippen molar-refractivity contribution >= 4 is 23.3 Å². The summed E-state index contributed by atoms with van der Waals surface area (Å²) < 4.78 is 22.1. The van der Waals surface area contributed by atoms with Crippen molar-refractivity contribution < 1.29 is 4.39 Å². The number of benzene rings is 1. The summed E-state index contributed by atoms with van der Waals surface area (Å²) >= 11 is 6.92. The molecule has 0 saturated heterocycles. The van der Waals surface area contributed by atoms with Crippen molar-refractivity contribution in [2.24, 2.45) is 0 Å². The monoisotopic (exact) mass is 299 g/mol. The number of hydrogen-bond acceptors (Lipinski definition) is 4. The molecular formula is C13H15ClFN3S. The van der Waals surface area contributed by atoms with E-state index in [4.69, 9.17) is 11.6 Å². The van der Waals surface area contributed by atoms with Gasteiger partial charge in [0.25, 0.3) is 0 Å². The van der Waals surface area contributed by atoms with Crippen LogP contribution in [-0.4, -0.2) is 15.3 Å². The molecule has 1 atom stereocenters. The summed E-state index contributed by atoms with van der Waals surface area (Å²) in [6.07, 6.45) is 3.28. The molecule has 0 aliphatic heterocycles. The zero-order valence-corrected chi connectivity index (χ0v) is 12.1. The van der Waals surface area contributed by atoms with Crippen LogP contribution in [0, 0.1) is 5.82 Å². The zero-order valence-electron chi connectivity index (χ0n) is 10.6. The Morgan fingerprint density at radius 1 is 1.47 bits per heavy atom. The predicted molar refractivity (Wildman–Crippen MR) is 76.1 cm³/mol. The molecule has 0 fully saturated rings. The Morgan fingerprint density at radius 2 is 2.32 bits per heavy atom. The molecule has 3 nitrogen and oxygen atoms in total. The minimum absolute atomic E-state index is 0.0191. The summed E-state index contributed by atoms with van der Waals surface area (Å²) in [5.41, 5.74) is 1.49. The Labute approximate surface area is 121 Å². The summed E-state index contributed by atoms with van der Waals surface area (Å²) in [4.78, 5) is 0. The summed E-state index contributed by atoms with van der Waals surface area (Å²) in [7, 11) is 0. The Hall–Kier alpha value is -1.04. The molecular weight excluding hydrogens is 285 g/mol. The first-order valence-electron chi connectivity index (χ1n) is 6.15. The number of halogens is 2. The van der Waals surface area contributed by atoms with Crippen LogP contribution in [0.2, 0.25) is 5.02 Å². The van der Waals surface area contributed by atoms with Crippen molar-refractivity contribution in [1.29, 1.82) is 0 Å². The minimum atomic E-state index is -0.279. The molecule has 19 heavy (non-hydrogen) atoms. The van der Waals surface area contributed by atoms with E-state index in [9.17, 15) is 4.39 Å². The normalized spacial score (nSPS) is 12.6. The van der Waals surface area contributed by atoms with E-state index >= 15 is 0 Å². The molecule has 1 aromatic carbocycles. The van der Waals surface area contributed by atoms with Crippen LogP contribution < -0.4 is 5.32 Å². The molecule has 1 unspecified atom stereocenters. The van der Waals surface area contributed by atoms with Crippen molar-refractivity contribution in [2.45, 2.75) is 25.8 Å². The van der Waals surface area contributed by atoms with Gasteiger partial charge in [0.2, 0.25) is 0 Å². The third-order valence-corrected chi connectivity index (χ3v) is 3.54. The number of nitrogens with one attached hydrogen (secondary N) is 1. The second-order valence-corrected chi connectivity index (χ2v) is 5.27. The summed E-state index contributed by atoms with van der Waals surface area (Å²) in [6, 6.07) is 4.75. The van der Waals surface area contributed by atoms with Crippen LogP contribution in [0.5, 0.6) is 0 Å². The lowest BCUT2D eigenvalue weighted by molar-refractivity contribution is 0.506. The predicted octanol–water partition coefficient (Wildman–Crippen LogP) is 3.61. The van der Waals surface area contributed by atoms with E-state index in [1.54, 1.807) is 18.3 Å². The molecule has 2 aromatic rings. The van der Waals surface area contributed by atoms with Gasteiger partial charge < -0.3 is 5.32 Å². The van der Waals surface area contributed by atoms with Gasteiger partial charge in [0, 0.05) is 5.02 Å².